The van der Waals surface area contributed by atoms with Crippen LogP contribution in [0.25, 0.3) is 0 Å². The standard InChI is InChI=1S/C16H22ClN3OS/c1-19-6-2-7-20(9-8-19)16(21)18-14-5-10-22-15-4-3-12(17)11-13(14)15/h3-4,11,14H,2,5-10H2,1H3,(H,18,21)/t14-/m1/s1. The molecule has 6 heteroatoms. The topological polar surface area (TPSA) is 35.6 Å². The Morgan fingerprint density at radius 1 is 1.32 bits per heavy atom. The fourth-order valence-electron chi connectivity index (χ4n) is 3.01. The van der Waals surface area contributed by atoms with Gasteiger partial charge < -0.3 is 15.1 Å². The van der Waals surface area contributed by atoms with Crippen LogP contribution in [0.2, 0.25) is 5.02 Å². The zero-order valence-corrected chi connectivity index (χ0v) is 14.4. The molecule has 0 aliphatic carbocycles. The van der Waals surface area contributed by atoms with Gasteiger partial charge in [0.05, 0.1) is 6.04 Å². The molecule has 22 heavy (non-hydrogen) atoms. The van der Waals surface area contributed by atoms with Crippen molar-refractivity contribution in [2.45, 2.75) is 23.8 Å². The minimum absolute atomic E-state index is 0.0538. The molecule has 2 heterocycles. The maximum Gasteiger partial charge on any atom is 0.317 e. The van der Waals surface area contributed by atoms with E-state index in [0.717, 1.165) is 55.4 Å². The molecular formula is C16H22ClN3OS. The molecule has 2 aliphatic heterocycles. The molecule has 1 aromatic carbocycles. The number of rotatable bonds is 1. The minimum Gasteiger partial charge on any atom is -0.331 e. The maximum atomic E-state index is 12.6. The number of carbonyl (C=O) groups excluding carboxylic acids is 1. The molecule has 4 nitrogen and oxygen atoms in total. The highest BCUT2D eigenvalue weighted by Gasteiger charge is 2.25. The zero-order chi connectivity index (χ0) is 15.5. The summed E-state index contributed by atoms with van der Waals surface area (Å²) in [7, 11) is 2.11. The third kappa shape index (κ3) is 3.70. The van der Waals surface area contributed by atoms with Crippen molar-refractivity contribution in [3.8, 4) is 0 Å². The second-order valence-electron chi connectivity index (χ2n) is 5.97. The van der Waals surface area contributed by atoms with Crippen LogP contribution < -0.4 is 5.32 Å². The predicted molar refractivity (Wildman–Crippen MR) is 91.8 cm³/mol. The lowest BCUT2D eigenvalue weighted by Crippen LogP contribution is -2.43. The van der Waals surface area contributed by atoms with Crippen molar-refractivity contribution in [2.75, 3.05) is 39.0 Å². The normalized spacial score (nSPS) is 22.8. The van der Waals surface area contributed by atoms with Crippen LogP contribution in [0.3, 0.4) is 0 Å². The molecule has 2 aliphatic rings. The van der Waals surface area contributed by atoms with Gasteiger partial charge in [-0.1, -0.05) is 11.6 Å². The van der Waals surface area contributed by atoms with Gasteiger partial charge in [-0.15, -0.1) is 11.8 Å². The van der Waals surface area contributed by atoms with Crippen LogP contribution >= 0.6 is 23.4 Å². The molecule has 0 bridgehead atoms. The molecule has 2 amide bonds. The Balaban J connectivity index is 1.68. The average molecular weight is 340 g/mol. The lowest BCUT2D eigenvalue weighted by Gasteiger charge is -2.29. The van der Waals surface area contributed by atoms with E-state index >= 15 is 0 Å². The van der Waals surface area contributed by atoms with E-state index in [9.17, 15) is 4.79 Å². The van der Waals surface area contributed by atoms with Crippen molar-refractivity contribution >= 4 is 29.4 Å². The molecule has 0 radical (unpaired) electrons. The van der Waals surface area contributed by atoms with Crippen molar-refractivity contribution in [3.63, 3.8) is 0 Å². The Labute approximate surface area is 141 Å². The summed E-state index contributed by atoms with van der Waals surface area (Å²) < 4.78 is 0. The Morgan fingerprint density at radius 3 is 3.05 bits per heavy atom. The number of benzene rings is 1. The van der Waals surface area contributed by atoms with Crippen molar-refractivity contribution in [2.24, 2.45) is 0 Å². The van der Waals surface area contributed by atoms with E-state index in [1.165, 1.54) is 4.90 Å². The van der Waals surface area contributed by atoms with E-state index in [1.807, 2.05) is 28.8 Å². The van der Waals surface area contributed by atoms with Crippen molar-refractivity contribution < 1.29 is 4.79 Å². The first-order valence-corrected chi connectivity index (χ1v) is 9.16. The number of likely N-dealkylation sites (N-methyl/N-ethyl adjacent to an activating group) is 1. The van der Waals surface area contributed by atoms with Gasteiger partial charge in [0.25, 0.3) is 0 Å². The second kappa shape index (κ2) is 7.11. The summed E-state index contributed by atoms with van der Waals surface area (Å²) in [5.74, 6) is 1.03. The third-order valence-corrected chi connectivity index (χ3v) is 5.67. The number of urea groups is 1. The van der Waals surface area contributed by atoms with Crippen molar-refractivity contribution in [1.29, 1.82) is 0 Å². The SMILES string of the molecule is CN1CCCN(C(=O)N[C@@H]2CCSc3ccc(Cl)cc32)CC1. The quantitative estimate of drug-likeness (QED) is 0.853. The summed E-state index contributed by atoms with van der Waals surface area (Å²) >= 11 is 7.96. The maximum absolute atomic E-state index is 12.6. The minimum atomic E-state index is 0.0538. The van der Waals surface area contributed by atoms with E-state index < -0.39 is 0 Å². The number of carbonyl (C=O) groups is 1. The zero-order valence-electron chi connectivity index (χ0n) is 12.8. The smallest absolute Gasteiger partial charge is 0.317 e. The number of nitrogens with one attached hydrogen (secondary N) is 1. The van der Waals surface area contributed by atoms with E-state index in [1.54, 1.807) is 0 Å². The third-order valence-electron chi connectivity index (χ3n) is 4.32. The van der Waals surface area contributed by atoms with Gasteiger partial charge >= 0.3 is 6.03 Å². The Bertz CT molecular complexity index is 554. The van der Waals surface area contributed by atoms with Gasteiger partial charge in [-0.25, -0.2) is 4.79 Å². The number of thioether (sulfide) groups is 1. The molecule has 1 N–H and O–H groups in total. The molecule has 0 aromatic heterocycles. The van der Waals surface area contributed by atoms with Crippen molar-refractivity contribution in [1.82, 2.24) is 15.1 Å². The van der Waals surface area contributed by atoms with Crippen LogP contribution in [-0.4, -0.2) is 54.8 Å². The Hall–Kier alpha value is -0.910. The molecule has 3 rings (SSSR count). The average Bonchev–Trinajstić information content (AvgIpc) is 2.72. The van der Waals surface area contributed by atoms with E-state index in [2.05, 4.69) is 23.3 Å². The van der Waals surface area contributed by atoms with Gasteiger partial charge in [0, 0.05) is 35.3 Å². The fourth-order valence-corrected chi connectivity index (χ4v) is 4.29. The second-order valence-corrected chi connectivity index (χ2v) is 7.54. The molecule has 1 aromatic rings. The number of fused-ring (bicyclic) bond motifs is 1. The molecule has 120 valence electrons. The number of amides is 2. The number of hydrogen-bond donors (Lipinski definition) is 1. The van der Waals surface area contributed by atoms with Crippen LogP contribution in [0.4, 0.5) is 4.79 Å². The summed E-state index contributed by atoms with van der Waals surface area (Å²) in [6.45, 7) is 3.63. The predicted octanol–water partition coefficient (Wildman–Crippen LogP) is 3.22. The lowest BCUT2D eigenvalue weighted by atomic mass is 10.0. The van der Waals surface area contributed by atoms with E-state index in [-0.39, 0.29) is 12.1 Å². The Morgan fingerprint density at radius 2 is 2.18 bits per heavy atom. The van der Waals surface area contributed by atoms with Gasteiger partial charge in [-0.3, -0.25) is 0 Å². The van der Waals surface area contributed by atoms with Gasteiger partial charge in [-0.05, 0) is 50.2 Å². The highest BCUT2D eigenvalue weighted by Crippen LogP contribution is 2.37. The summed E-state index contributed by atoms with van der Waals surface area (Å²) in [5.41, 5.74) is 1.16. The van der Waals surface area contributed by atoms with Gasteiger partial charge in [-0.2, -0.15) is 0 Å². The van der Waals surface area contributed by atoms with Gasteiger partial charge in [0.2, 0.25) is 0 Å². The van der Waals surface area contributed by atoms with Crippen LogP contribution in [-0.2, 0) is 0 Å². The first-order valence-electron chi connectivity index (χ1n) is 7.80. The first kappa shape index (κ1) is 16.0. The molecule has 0 spiro atoms. The molecule has 0 saturated carbocycles. The highest BCUT2D eigenvalue weighted by molar-refractivity contribution is 7.99. The number of hydrogen-bond acceptors (Lipinski definition) is 3. The highest BCUT2D eigenvalue weighted by atomic mass is 35.5. The number of halogens is 1. The van der Waals surface area contributed by atoms with Gasteiger partial charge in [0.1, 0.15) is 0 Å². The number of nitrogens with zero attached hydrogens (tertiary/aromatic N) is 2. The van der Waals surface area contributed by atoms with E-state index in [0.29, 0.717) is 0 Å². The summed E-state index contributed by atoms with van der Waals surface area (Å²) in [6.07, 6.45) is 1.99. The van der Waals surface area contributed by atoms with Crippen molar-refractivity contribution in [3.05, 3.63) is 28.8 Å². The molecule has 1 atom stereocenters. The molecule has 0 unspecified atom stereocenters. The summed E-state index contributed by atoms with van der Waals surface area (Å²) in [4.78, 5) is 18.0. The van der Waals surface area contributed by atoms with Gasteiger partial charge in [0.15, 0.2) is 0 Å². The molecule has 1 fully saturated rings. The van der Waals surface area contributed by atoms with Crippen LogP contribution in [0.15, 0.2) is 23.1 Å². The Kier molecular flexibility index (Phi) is 5.16. The van der Waals surface area contributed by atoms with Crippen LogP contribution in [0.1, 0.15) is 24.4 Å². The largest absolute Gasteiger partial charge is 0.331 e. The fraction of sp³-hybridized carbons (Fsp3) is 0.562. The molecular weight excluding hydrogens is 318 g/mol. The molecule has 1 saturated heterocycles. The monoisotopic (exact) mass is 339 g/mol. The van der Waals surface area contributed by atoms with Crippen LogP contribution in [0, 0.1) is 0 Å². The lowest BCUT2D eigenvalue weighted by molar-refractivity contribution is 0.195. The van der Waals surface area contributed by atoms with Crippen LogP contribution in [0.5, 0.6) is 0 Å². The first-order chi connectivity index (χ1) is 10.6. The summed E-state index contributed by atoms with van der Waals surface area (Å²) in [5, 5.41) is 3.94. The van der Waals surface area contributed by atoms with E-state index in [4.69, 9.17) is 11.6 Å². The summed E-state index contributed by atoms with van der Waals surface area (Å²) in [6, 6.07) is 6.09.